The molecule has 1 saturated heterocycles. The minimum Gasteiger partial charge on any atom is -0.311 e. The highest BCUT2D eigenvalue weighted by atomic mass is 14.9. The van der Waals surface area contributed by atoms with Gasteiger partial charge in [-0.2, -0.15) is 0 Å². The maximum Gasteiger partial charge on any atom is 0.0250 e. The third-order valence-electron chi connectivity index (χ3n) is 1.70. The zero-order valence-electron chi connectivity index (χ0n) is 6.06. The minimum atomic E-state index is 0.685. The summed E-state index contributed by atoms with van der Waals surface area (Å²) < 4.78 is 0. The maximum atomic E-state index is 3.40. The standard InChI is InChI=1S/C8H15N/c1-2-3-5-8-6-4-7-9-8/h3,5,8-9H,2,4,6-7H2,1H3/b5-3-. The summed E-state index contributed by atoms with van der Waals surface area (Å²) in [6, 6.07) is 0.685. The molecule has 1 nitrogen and oxygen atoms in total. The van der Waals surface area contributed by atoms with Crippen LogP contribution in [-0.2, 0) is 0 Å². The van der Waals surface area contributed by atoms with E-state index in [1.807, 2.05) is 0 Å². The van der Waals surface area contributed by atoms with Crippen molar-refractivity contribution < 1.29 is 0 Å². The molecule has 1 N–H and O–H groups in total. The Bertz CT molecular complexity index is 90.7. The molecule has 1 fully saturated rings. The summed E-state index contributed by atoms with van der Waals surface area (Å²) in [7, 11) is 0. The molecule has 1 atom stereocenters. The predicted octanol–water partition coefficient (Wildman–Crippen LogP) is 1.70. The molecule has 0 amide bonds. The monoisotopic (exact) mass is 125 g/mol. The molecule has 0 aliphatic carbocycles. The van der Waals surface area contributed by atoms with Gasteiger partial charge in [-0.05, 0) is 25.8 Å². The van der Waals surface area contributed by atoms with Crippen molar-refractivity contribution in [3.05, 3.63) is 12.2 Å². The van der Waals surface area contributed by atoms with Gasteiger partial charge in [-0.1, -0.05) is 19.1 Å². The van der Waals surface area contributed by atoms with Gasteiger partial charge in [0.1, 0.15) is 0 Å². The van der Waals surface area contributed by atoms with E-state index in [1.165, 1.54) is 19.4 Å². The lowest BCUT2D eigenvalue weighted by Gasteiger charge is -2.00. The van der Waals surface area contributed by atoms with Gasteiger partial charge in [-0.15, -0.1) is 0 Å². The Kier molecular flexibility index (Phi) is 2.78. The van der Waals surface area contributed by atoms with E-state index < -0.39 is 0 Å². The van der Waals surface area contributed by atoms with E-state index in [-0.39, 0.29) is 0 Å². The fourth-order valence-corrected chi connectivity index (χ4v) is 1.18. The van der Waals surface area contributed by atoms with Crippen LogP contribution in [-0.4, -0.2) is 12.6 Å². The molecular weight excluding hydrogens is 110 g/mol. The Morgan fingerprint density at radius 2 is 2.56 bits per heavy atom. The van der Waals surface area contributed by atoms with Crippen molar-refractivity contribution in [1.82, 2.24) is 5.32 Å². The molecule has 0 saturated carbocycles. The van der Waals surface area contributed by atoms with Crippen LogP contribution in [0.1, 0.15) is 26.2 Å². The summed E-state index contributed by atoms with van der Waals surface area (Å²) in [5.74, 6) is 0. The van der Waals surface area contributed by atoms with Crippen LogP contribution in [0.25, 0.3) is 0 Å². The molecule has 0 spiro atoms. The second-order valence-electron chi connectivity index (χ2n) is 2.54. The van der Waals surface area contributed by atoms with Crippen LogP contribution in [0, 0.1) is 0 Å². The first kappa shape index (κ1) is 6.81. The second-order valence-corrected chi connectivity index (χ2v) is 2.54. The summed E-state index contributed by atoms with van der Waals surface area (Å²) in [6.07, 6.45) is 8.36. The van der Waals surface area contributed by atoms with Gasteiger partial charge >= 0.3 is 0 Å². The van der Waals surface area contributed by atoms with Gasteiger partial charge < -0.3 is 5.32 Å². The maximum absolute atomic E-state index is 3.40. The zero-order valence-corrected chi connectivity index (χ0v) is 6.06. The Balaban J connectivity index is 2.18. The average molecular weight is 125 g/mol. The van der Waals surface area contributed by atoms with Gasteiger partial charge in [0.25, 0.3) is 0 Å². The molecule has 1 heteroatoms. The van der Waals surface area contributed by atoms with Crippen molar-refractivity contribution in [3.8, 4) is 0 Å². The average Bonchev–Trinajstić information content (AvgIpc) is 2.34. The van der Waals surface area contributed by atoms with Crippen LogP contribution >= 0.6 is 0 Å². The normalized spacial score (nSPS) is 27.9. The molecular formula is C8H15N. The van der Waals surface area contributed by atoms with Crippen molar-refractivity contribution >= 4 is 0 Å². The minimum absolute atomic E-state index is 0.685. The molecule has 1 unspecified atom stereocenters. The fourth-order valence-electron chi connectivity index (χ4n) is 1.18. The van der Waals surface area contributed by atoms with Gasteiger partial charge in [0.2, 0.25) is 0 Å². The first-order valence-electron chi connectivity index (χ1n) is 3.83. The van der Waals surface area contributed by atoms with Crippen LogP contribution in [0.5, 0.6) is 0 Å². The van der Waals surface area contributed by atoms with Gasteiger partial charge in [-0.25, -0.2) is 0 Å². The summed E-state index contributed by atoms with van der Waals surface area (Å²) in [4.78, 5) is 0. The van der Waals surface area contributed by atoms with Crippen LogP contribution in [0.15, 0.2) is 12.2 Å². The Morgan fingerprint density at radius 1 is 1.67 bits per heavy atom. The lowest BCUT2D eigenvalue weighted by molar-refractivity contribution is 0.725. The Hall–Kier alpha value is -0.300. The van der Waals surface area contributed by atoms with Crippen LogP contribution in [0.4, 0.5) is 0 Å². The van der Waals surface area contributed by atoms with E-state index in [9.17, 15) is 0 Å². The van der Waals surface area contributed by atoms with Gasteiger partial charge in [-0.3, -0.25) is 0 Å². The lowest BCUT2D eigenvalue weighted by Crippen LogP contribution is -2.17. The summed E-state index contributed by atoms with van der Waals surface area (Å²) in [6.45, 7) is 3.38. The smallest absolute Gasteiger partial charge is 0.0250 e. The van der Waals surface area contributed by atoms with Crippen LogP contribution in [0.2, 0.25) is 0 Å². The second kappa shape index (κ2) is 3.67. The lowest BCUT2D eigenvalue weighted by atomic mass is 10.2. The van der Waals surface area contributed by atoms with Gasteiger partial charge in [0.15, 0.2) is 0 Å². The molecule has 1 rings (SSSR count). The van der Waals surface area contributed by atoms with E-state index in [0.29, 0.717) is 6.04 Å². The third-order valence-corrected chi connectivity index (χ3v) is 1.70. The van der Waals surface area contributed by atoms with Crippen molar-refractivity contribution in [2.45, 2.75) is 32.2 Å². The van der Waals surface area contributed by atoms with Crippen molar-refractivity contribution in [2.24, 2.45) is 0 Å². The first-order chi connectivity index (χ1) is 4.43. The SMILES string of the molecule is CC/C=C\C1CCCN1. The first-order valence-corrected chi connectivity index (χ1v) is 3.83. The quantitative estimate of drug-likeness (QED) is 0.554. The van der Waals surface area contributed by atoms with Crippen molar-refractivity contribution in [2.75, 3.05) is 6.54 Å². The van der Waals surface area contributed by atoms with Crippen LogP contribution in [0.3, 0.4) is 0 Å². The molecule has 0 aromatic rings. The summed E-state index contributed by atoms with van der Waals surface area (Å²) in [5.41, 5.74) is 0. The summed E-state index contributed by atoms with van der Waals surface area (Å²) >= 11 is 0. The Morgan fingerprint density at radius 3 is 3.11 bits per heavy atom. The highest BCUT2D eigenvalue weighted by Crippen LogP contribution is 2.05. The molecule has 1 aliphatic rings. The van der Waals surface area contributed by atoms with E-state index >= 15 is 0 Å². The molecule has 0 aromatic heterocycles. The van der Waals surface area contributed by atoms with Gasteiger partial charge in [0.05, 0.1) is 0 Å². The molecule has 1 heterocycles. The molecule has 1 aliphatic heterocycles. The number of rotatable bonds is 2. The highest BCUT2D eigenvalue weighted by molar-refractivity contribution is 4.95. The fraction of sp³-hybridized carbons (Fsp3) is 0.750. The Labute approximate surface area is 57.1 Å². The predicted molar refractivity (Wildman–Crippen MR) is 40.5 cm³/mol. The topological polar surface area (TPSA) is 12.0 Å². The largest absolute Gasteiger partial charge is 0.311 e. The molecule has 0 aromatic carbocycles. The summed E-state index contributed by atoms with van der Waals surface area (Å²) in [5, 5.41) is 3.40. The number of hydrogen-bond acceptors (Lipinski definition) is 1. The third kappa shape index (κ3) is 2.19. The van der Waals surface area contributed by atoms with Crippen molar-refractivity contribution in [3.63, 3.8) is 0 Å². The highest BCUT2D eigenvalue weighted by Gasteiger charge is 2.08. The van der Waals surface area contributed by atoms with E-state index in [0.717, 1.165) is 6.42 Å². The number of allylic oxidation sites excluding steroid dienone is 1. The number of nitrogens with one attached hydrogen (secondary N) is 1. The van der Waals surface area contributed by atoms with E-state index in [2.05, 4.69) is 24.4 Å². The van der Waals surface area contributed by atoms with Crippen molar-refractivity contribution in [1.29, 1.82) is 0 Å². The molecule has 0 bridgehead atoms. The molecule has 9 heavy (non-hydrogen) atoms. The van der Waals surface area contributed by atoms with E-state index in [1.54, 1.807) is 0 Å². The van der Waals surface area contributed by atoms with Gasteiger partial charge in [0, 0.05) is 6.04 Å². The number of hydrogen-bond donors (Lipinski definition) is 1. The van der Waals surface area contributed by atoms with E-state index in [4.69, 9.17) is 0 Å². The molecule has 0 radical (unpaired) electrons. The zero-order chi connectivity index (χ0) is 6.53. The van der Waals surface area contributed by atoms with Crippen LogP contribution < -0.4 is 5.32 Å². The molecule has 52 valence electrons.